The number of rotatable bonds is 6. The predicted octanol–water partition coefficient (Wildman–Crippen LogP) is 1.49. The quantitative estimate of drug-likeness (QED) is 0.725. The van der Waals surface area contributed by atoms with E-state index < -0.39 is 0 Å². The summed E-state index contributed by atoms with van der Waals surface area (Å²) in [6.07, 6.45) is 4.23. The molecule has 2 unspecified atom stereocenters. The predicted molar refractivity (Wildman–Crippen MR) is 64.2 cm³/mol. The van der Waals surface area contributed by atoms with Gasteiger partial charge in [0.2, 0.25) is 0 Å². The molecule has 0 aromatic heterocycles. The molecular weight excluding hydrogens is 188 g/mol. The largest absolute Gasteiger partial charge is 0.377 e. The summed E-state index contributed by atoms with van der Waals surface area (Å²) in [5.41, 5.74) is 0. The van der Waals surface area contributed by atoms with Gasteiger partial charge < -0.3 is 10.1 Å². The summed E-state index contributed by atoms with van der Waals surface area (Å²) in [5.74, 6) is 0. The molecule has 2 atom stereocenters. The zero-order valence-corrected chi connectivity index (χ0v) is 10.5. The van der Waals surface area contributed by atoms with Gasteiger partial charge in [-0.1, -0.05) is 0 Å². The van der Waals surface area contributed by atoms with Crippen molar-refractivity contribution in [1.82, 2.24) is 10.2 Å². The standard InChI is InChI=1S/C12H26N2O/c1-4-15-12-6-5-9-14(10-12)11(2)7-8-13-3/h11-13H,4-10H2,1-3H3. The van der Waals surface area contributed by atoms with Gasteiger partial charge in [-0.2, -0.15) is 0 Å². The Balaban J connectivity index is 2.27. The highest BCUT2D eigenvalue weighted by Gasteiger charge is 2.23. The van der Waals surface area contributed by atoms with E-state index in [1.54, 1.807) is 0 Å². The van der Waals surface area contributed by atoms with Crippen molar-refractivity contribution < 1.29 is 4.74 Å². The van der Waals surface area contributed by atoms with Crippen LogP contribution in [0.25, 0.3) is 0 Å². The van der Waals surface area contributed by atoms with Crippen LogP contribution in [0, 0.1) is 0 Å². The van der Waals surface area contributed by atoms with Crippen LogP contribution in [0.1, 0.15) is 33.1 Å². The lowest BCUT2D eigenvalue weighted by Gasteiger charge is -2.36. The minimum Gasteiger partial charge on any atom is -0.377 e. The van der Waals surface area contributed by atoms with Gasteiger partial charge in [-0.15, -0.1) is 0 Å². The van der Waals surface area contributed by atoms with Crippen LogP contribution in [0.5, 0.6) is 0 Å². The molecule has 3 heteroatoms. The molecule has 1 aliphatic heterocycles. The molecule has 0 amide bonds. The fourth-order valence-corrected chi connectivity index (χ4v) is 2.27. The minimum absolute atomic E-state index is 0.473. The number of hydrogen-bond donors (Lipinski definition) is 1. The van der Waals surface area contributed by atoms with E-state index in [1.807, 2.05) is 7.05 Å². The maximum Gasteiger partial charge on any atom is 0.0702 e. The van der Waals surface area contributed by atoms with Crippen molar-refractivity contribution in [2.45, 2.75) is 45.3 Å². The van der Waals surface area contributed by atoms with Gasteiger partial charge in [0.15, 0.2) is 0 Å². The third-order valence-electron chi connectivity index (χ3n) is 3.25. The van der Waals surface area contributed by atoms with Gasteiger partial charge in [-0.25, -0.2) is 0 Å². The highest BCUT2D eigenvalue weighted by atomic mass is 16.5. The Hall–Kier alpha value is -0.120. The van der Waals surface area contributed by atoms with Gasteiger partial charge in [0.05, 0.1) is 6.10 Å². The van der Waals surface area contributed by atoms with E-state index in [4.69, 9.17) is 4.74 Å². The second-order valence-corrected chi connectivity index (χ2v) is 4.46. The second kappa shape index (κ2) is 7.20. The summed E-state index contributed by atoms with van der Waals surface area (Å²) in [6.45, 7) is 8.74. The Morgan fingerprint density at radius 1 is 1.53 bits per heavy atom. The topological polar surface area (TPSA) is 24.5 Å². The maximum absolute atomic E-state index is 5.71. The molecule has 0 aromatic rings. The highest BCUT2D eigenvalue weighted by molar-refractivity contribution is 4.77. The van der Waals surface area contributed by atoms with E-state index in [2.05, 4.69) is 24.1 Å². The SMILES string of the molecule is CCOC1CCCN(C(C)CCNC)C1. The Morgan fingerprint density at radius 3 is 3.00 bits per heavy atom. The van der Waals surface area contributed by atoms with Crippen LogP contribution in [0.15, 0.2) is 0 Å². The van der Waals surface area contributed by atoms with Crippen molar-refractivity contribution in [2.24, 2.45) is 0 Å². The lowest BCUT2D eigenvalue weighted by atomic mass is 10.0. The molecule has 1 aliphatic rings. The van der Waals surface area contributed by atoms with Gasteiger partial charge in [0.25, 0.3) is 0 Å². The van der Waals surface area contributed by atoms with Crippen LogP contribution in [-0.4, -0.2) is 50.3 Å². The third-order valence-corrected chi connectivity index (χ3v) is 3.25. The minimum atomic E-state index is 0.473. The van der Waals surface area contributed by atoms with Crippen LogP contribution in [0.3, 0.4) is 0 Å². The van der Waals surface area contributed by atoms with Crippen LogP contribution < -0.4 is 5.32 Å². The van der Waals surface area contributed by atoms with E-state index in [0.717, 1.165) is 19.7 Å². The van der Waals surface area contributed by atoms with Gasteiger partial charge in [-0.05, 0) is 53.2 Å². The van der Waals surface area contributed by atoms with Crippen LogP contribution >= 0.6 is 0 Å². The molecule has 0 saturated carbocycles. The Bertz CT molecular complexity index is 162. The summed E-state index contributed by atoms with van der Waals surface area (Å²) >= 11 is 0. The number of piperidine rings is 1. The molecule has 0 radical (unpaired) electrons. The average molecular weight is 214 g/mol. The van der Waals surface area contributed by atoms with Crippen molar-refractivity contribution in [3.8, 4) is 0 Å². The molecule has 90 valence electrons. The summed E-state index contributed by atoms with van der Waals surface area (Å²) in [4.78, 5) is 2.57. The molecule has 0 spiro atoms. The van der Waals surface area contributed by atoms with E-state index in [9.17, 15) is 0 Å². The zero-order chi connectivity index (χ0) is 11.1. The Labute approximate surface area is 94.2 Å². The number of nitrogens with one attached hydrogen (secondary N) is 1. The van der Waals surface area contributed by atoms with Crippen molar-refractivity contribution in [3.63, 3.8) is 0 Å². The molecule has 1 N–H and O–H groups in total. The second-order valence-electron chi connectivity index (χ2n) is 4.46. The van der Waals surface area contributed by atoms with Gasteiger partial charge >= 0.3 is 0 Å². The molecule has 0 aromatic carbocycles. The molecular formula is C12H26N2O. The molecule has 1 fully saturated rings. The van der Waals surface area contributed by atoms with Gasteiger partial charge in [0.1, 0.15) is 0 Å². The van der Waals surface area contributed by atoms with Crippen LogP contribution in [0.4, 0.5) is 0 Å². The van der Waals surface area contributed by atoms with Crippen molar-refractivity contribution in [2.75, 3.05) is 33.3 Å². The highest BCUT2D eigenvalue weighted by Crippen LogP contribution is 2.16. The van der Waals surface area contributed by atoms with Crippen LogP contribution in [0.2, 0.25) is 0 Å². The number of likely N-dealkylation sites (tertiary alicyclic amines) is 1. The van der Waals surface area contributed by atoms with Gasteiger partial charge in [0, 0.05) is 19.2 Å². The fourth-order valence-electron chi connectivity index (χ4n) is 2.27. The fraction of sp³-hybridized carbons (Fsp3) is 1.00. The molecule has 1 rings (SSSR count). The monoisotopic (exact) mass is 214 g/mol. The normalized spacial score (nSPS) is 25.4. The third kappa shape index (κ3) is 4.49. The van der Waals surface area contributed by atoms with Crippen molar-refractivity contribution in [1.29, 1.82) is 0 Å². The molecule has 0 bridgehead atoms. The summed E-state index contributed by atoms with van der Waals surface area (Å²) in [5, 5.41) is 3.22. The Morgan fingerprint density at radius 2 is 2.33 bits per heavy atom. The first kappa shape index (κ1) is 12.9. The molecule has 15 heavy (non-hydrogen) atoms. The first-order valence-corrected chi connectivity index (χ1v) is 6.28. The lowest BCUT2D eigenvalue weighted by molar-refractivity contribution is -0.00589. The van der Waals surface area contributed by atoms with E-state index in [1.165, 1.54) is 25.8 Å². The molecule has 0 aliphatic carbocycles. The van der Waals surface area contributed by atoms with Crippen molar-refractivity contribution >= 4 is 0 Å². The molecule has 1 heterocycles. The van der Waals surface area contributed by atoms with E-state index in [-0.39, 0.29) is 0 Å². The molecule has 1 saturated heterocycles. The number of hydrogen-bond acceptors (Lipinski definition) is 3. The van der Waals surface area contributed by atoms with Crippen LogP contribution in [-0.2, 0) is 4.74 Å². The summed E-state index contributed by atoms with van der Waals surface area (Å²) < 4.78 is 5.71. The first-order chi connectivity index (χ1) is 7.27. The molecule has 3 nitrogen and oxygen atoms in total. The zero-order valence-electron chi connectivity index (χ0n) is 10.5. The average Bonchev–Trinajstić information content (AvgIpc) is 2.27. The number of nitrogens with zero attached hydrogens (tertiary/aromatic N) is 1. The van der Waals surface area contributed by atoms with Crippen molar-refractivity contribution in [3.05, 3.63) is 0 Å². The summed E-state index contributed by atoms with van der Waals surface area (Å²) in [6, 6.07) is 0.681. The number of ether oxygens (including phenoxy) is 1. The Kier molecular flexibility index (Phi) is 6.22. The van der Waals surface area contributed by atoms with E-state index >= 15 is 0 Å². The first-order valence-electron chi connectivity index (χ1n) is 6.28. The summed E-state index contributed by atoms with van der Waals surface area (Å²) in [7, 11) is 2.02. The lowest BCUT2D eigenvalue weighted by Crippen LogP contribution is -2.45. The van der Waals surface area contributed by atoms with E-state index in [0.29, 0.717) is 12.1 Å². The maximum atomic E-state index is 5.71. The smallest absolute Gasteiger partial charge is 0.0702 e. The van der Waals surface area contributed by atoms with Gasteiger partial charge in [-0.3, -0.25) is 4.90 Å².